The Hall–Kier alpha value is -2.73. The Morgan fingerprint density at radius 3 is 2.41 bits per heavy atom. The van der Waals surface area contributed by atoms with Gasteiger partial charge in [0.1, 0.15) is 5.75 Å². The van der Waals surface area contributed by atoms with Crippen LogP contribution in [0.15, 0.2) is 48.5 Å². The maximum Gasteiger partial charge on any atom is 0.417 e. The van der Waals surface area contributed by atoms with Gasteiger partial charge in [-0.1, -0.05) is 18.2 Å². The van der Waals surface area contributed by atoms with Crippen LogP contribution in [0, 0.1) is 0 Å². The molecule has 0 radical (unpaired) electrons. The predicted molar refractivity (Wildman–Crippen MR) is 107 cm³/mol. The Morgan fingerprint density at radius 2 is 1.67 bits per heavy atom. The van der Waals surface area contributed by atoms with Crippen LogP contribution in [0.5, 0.6) is 5.75 Å². The fraction of sp³-hybridized carbons (Fsp3) is 0.381. The summed E-state index contributed by atoms with van der Waals surface area (Å²) >= 11 is 0. The molecule has 1 amide bonds. The van der Waals surface area contributed by atoms with Gasteiger partial charge in [0.25, 0.3) is 0 Å². The molecule has 27 heavy (non-hydrogen) atoms. The monoisotopic (exact) mass is 367 g/mol. The number of amides is 1. The van der Waals surface area contributed by atoms with E-state index in [-0.39, 0.29) is 0 Å². The second kappa shape index (κ2) is 8.31. The van der Waals surface area contributed by atoms with Gasteiger partial charge < -0.3 is 19.3 Å². The Labute approximate surface area is 159 Å². The van der Waals surface area contributed by atoms with Crippen molar-refractivity contribution in [3.63, 3.8) is 0 Å². The van der Waals surface area contributed by atoms with Crippen molar-refractivity contribution in [2.45, 2.75) is 12.8 Å². The lowest BCUT2D eigenvalue weighted by atomic mass is 10.2. The van der Waals surface area contributed by atoms with Crippen molar-refractivity contribution in [2.24, 2.45) is 0 Å². The molecule has 2 saturated heterocycles. The number of rotatable bonds is 4. The highest BCUT2D eigenvalue weighted by Crippen LogP contribution is 2.33. The normalized spacial score (nSPS) is 17.0. The summed E-state index contributed by atoms with van der Waals surface area (Å²) in [7, 11) is 0. The first-order valence-corrected chi connectivity index (χ1v) is 9.55. The van der Waals surface area contributed by atoms with Crippen molar-refractivity contribution in [2.75, 3.05) is 54.5 Å². The number of para-hydroxylation sites is 1. The molecular formula is C21H25N3O3. The van der Waals surface area contributed by atoms with E-state index in [1.165, 1.54) is 12.8 Å². The van der Waals surface area contributed by atoms with E-state index in [1.54, 1.807) is 12.1 Å². The molecule has 2 aliphatic heterocycles. The number of hydrogen-bond acceptors (Lipinski definition) is 5. The van der Waals surface area contributed by atoms with Crippen LogP contribution in [0.3, 0.4) is 0 Å². The summed E-state index contributed by atoms with van der Waals surface area (Å²) in [4.78, 5) is 17.1. The second-order valence-corrected chi connectivity index (χ2v) is 6.82. The smallest absolute Gasteiger partial charge is 0.410 e. The molecule has 0 bridgehead atoms. The summed E-state index contributed by atoms with van der Waals surface area (Å²) < 4.78 is 10.9. The van der Waals surface area contributed by atoms with Gasteiger partial charge in [-0.25, -0.2) is 4.79 Å². The SMILES string of the molecule is O=C(Nc1cc(N2CCOCC2)ccc1N1CCCC1)Oc1ccccc1. The molecule has 1 N–H and O–H groups in total. The summed E-state index contributed by atoms with van der Waals surface area (Å²) in [5.41, 5.74) is 2.94. The summed E-state index contributed by atoms with van der Waals surface area (Å²) in [6, 6.07) is 15.4. The zero-order valence-electron chi connectivity index (χ0n) is 15.4. The van der Waals surface area contributed by atoms with Crippen LogP contribution < -0.4 is 19.9 Å². The second-order valence-electron chi connectivity index (χ2n) is 6.82. The van der Waals surface area contributed by atoms with Gasteiger partial charge >= 0.3 is 6.09 Å². The van der Waals surface area contributed by atoms with Gasteiger partial charge in [-0.15, -0.1) is 0 Å². The fourth-order valence-electron chi connectivity index (χ4n) is 3.61. The molecule has 0 aliphatic carbocycles. The van der Waals surface area contributed by atoms with Crippen LogP contribution in [0.4, 0.5) is 21.9 Å². The zero-order chi connectivity index (χ0) is 18.5. The highest BCUT2D eigenvalue weighted by Gasteiger charge is 2.20. The first kappa shape index (κ1) is 17.7. The van der Waals surface area contributed by atoms with Crippen LogP contribution in [-0.2, 0) is 4.74 Å². The van der Waals surface area contributed by atoms with Crippen molar-refractivity contribution in [3.8, 4) is 5.75 Å². The minimum atomic E-state index is -0.472. The van der Waals surface area contributed by atoms with Crippen molar-refractivity contribution >= 4 is 23.2 Å². The lowest BCUT2D eigenvalue weighted by Gasteiger charge is -2.30. The molecule has 0 unspecified atom stereocenters. The third kappa shape index (κ3) is 4.34. The third-order valence-electron chi connectivity index (χ3n) is 4.99. The first-order valence-electron chi connectivity index (χ1n) is 9.55. The molecule has 4 rings (SSSR count). The van der Waals surface area contributed by atoms with Crippen LogP contribution in [0.25, 0.3) is 0 Å². The number of nitrogens with zero attached hydrogens (tertiary/aromatic N) is 2. The third-order valence-corrected chi connectivity index (χ3v) is 4.99. The zero-order valence-corrected chi connectivity index (χ0v) is 15.4. The number of anilines is 3. The number of hydrogen-bond donors (Lipinski definition) is 1. The average molecular weight is 367 g/mol. The summed E-state index contributed by atoms with van der Waals surface area (Å²) in [5.74, 6) is 0.530. The largest absolute Gasteiger partial charge is 0.417 e. The number of carbonyl (C=O) groups excluding carboxylic acids is 1. The molecule has 2 aromatic rings. The lowest BCUT2D eigenvalue weighted by molar-refractivity contribution is 0.122. The first-order chi connectivity index (χ1) is 13.3. The van der Waals surface area contributed by atoms with Crippen molar-refractivity contribution in [1.29, 1.82) is 0 Å². The Balaban J connectivity index is 1.55. The van der Waals surface area contributed by atoms with Gasteiger partial charge in [-0.3, -0.25) is 5.32 Å². The molecule has 2 fully saturated rings. The van der Waals surface area contributed by atoms with Gasteiger partial charge in [0.2, 0.25) is 0 Å². The highest BCUT2D eigenvalue weighted by molar-refractivity contribution is 5.92. The lowest BCUT2D eigenvalue weighted by Crippen LogP contribution is -2.36. The van der Waals surface area contributed by atoms with Crippen molar-refractivity contribution < 1.29 is 14.3 Å². The molecule has 142 valence electrons. The minimum Gasteiger partial charge on any atom is -0.410 e. The Kier molecular flexibility index (Phi) is 5.44. The molecule has 2 aliphatic rings. The average Bonchev–Trinajstić information content (AvgIpc) is 3.24. The van der Waals surface area contributed by atoms with E-state index >= 15 is 0 Å². The van der Waals surface area contributed by atoms with Crippen LogP contribution in [0.1, 0.15) is 12.8 Å². The summed E-state index contributed by atoms with van der Waals surface area (Å²) in [6.45, 7) is 5.20. The van der Waals surface area contributed by atoms with E-state index in [9.17, 15) is 4.79 Å². The minimum absolute atomic E-state index is 0.472. The molecule has 2 heterocycles. The topological polar surface area (TPSA) is 54.0 Å². The van der Waals surface area contributed by atoms with Crippen LogP contribution in [0.2, 0.25) is 0 Å². The van der Waals surface area contributed by atoms with E-state index in [2.05, 4.69) is 27.2 Å². The van der Waals surface area contributed by atoms with Gasteiger partial charge in [0.05, 0.1) is 24.6 Å². The van der Waals surface area contributed by atoms with Crippen LogP contribution in [-0.4, -0.2) is 45.5 Å². The molecule has 0 spiro atoms. The van der Waals surface area contributed by atoms with E-state index < -0.39 is 6.09 Å². The molecule has 0 aromatic heterocycles. The van der Waals surface area contributed by atoms with E-state index in [1.807, 2.05) is 24.3 Å². The maximum atomic E-state index is 12.5. The van der Waals surface area contributed by atoms with Gasteiger partial charge in [-0.05, 0) is 43.2 Å². The van der Waals surface area contributed by atoms with Crippen molar-refractivity contribution in [1.82, 2.24) is 0 Å². The van der Waals surface area contributed by atoms with E-state index in [0.29, 0.717) is 5.75 Å². The maximum absolute atomic E-state index is 12.5. The van der Waals surface area contributed by atoms with Gasteiger partial charge in [-0.2, -0.15) is 0 Å². The van der Waals surface area contributed by atoms with E-state index in [0.717, 1.165) is 56.5 Å². The quantitative estimate of drug-likeness (QED) is 0.892. The molecule has 0 saturated carbocycles. The Morgan fingerprint density at radius 1 is 0.926 bits per heavy atom. The standard InChI is InChI=1S/C21H25N3O3/c25-21(27-18-6-2-1-3-7-18)22-19-16-17(23-12-14-26-15-13-23)8-9-20(19)24-10-4-5-11-24/h1-3,6-9,16H,4-5,10-15H2,(H,22,25). The number of carbonyl (C=O) groups is 1. The molecule has 2 aromatic carbocycles. The summed E-state index contributed by atoms with van der Waals surface area (Å²) in [5, 5.41) is 2.95. The Bertz CT molecular complexity index is 769. The highest BCUT2D eigenvalue weighted by atomic mass is 16.6. The van der Waals surface area contributed by atoms with E-state index in [4.69, 9.17) is 9.47 Å². The number of nitrogens with one attached hydrogen (secondary N) is 1. The predicted octanol–water partition coefficient (Wildman–Crippen LogP) is 3.73. The molecule has 6 heteroatoms. The van der Waals surface area contributed by atoms with Gasteiger partial charge in [0, 0.05) is 31.9 Å². The van der Waals surface area contributed by atoms with Crippen LogP contribution >= 0.6 is 0 Å². The molecular weight excluding hydrogens is 342 g/mol. The number of morpholine rings is 1. The van der Waals surface area contributed by atoms with Gasteiger partial charge in [0.15, 0.2) is 0 Å². The number of ether oxygens (including phenoxy) is 2. The fourth-order valence-corrected chi connectivity index (χ4v) is 3.61. The van der Waals surface area contributed by atoms with Crippen molar-refractivity contribution in [3.05, 3.63) is 48.5 Å². The molecule has 6 nitrogen and oxygen atoms in total. The molecule has 0 atom stereocenters. The summed E-state index contributed by atoms with van der Waals surface area (Å²) in [6.07, 6.45) is 1.89. The number of benzene rings is 2.